The minimum absolute atomic E-state index is 0.252. The van der Waals surface area contributed by atoms with Crippen molar-refractivity contribution in [1.29, 1.82) is 0 Å². The Hall–Kier alpha value is -2.31. The Morgan fingerprint density at radius 1 is 1.12 bits per heavy atom. The predicted octanol–water partition coefficient (Wildman–Crippen LogP) is 2.75. The fourth-order valence-corrected chi connectivity index (χ4v) is 4.38. The molecule has 0 amide bonds. The summed E-state index contributed by atoms with van der Waals surface area (Å²) < 4.78 is 33.0. The molecule has 0 radical (unpaired) electrons. The zero-order valence-electron chi connectivity index (χ0n) is 13.3. The first-order valence-electron chi connectivity index (χ1n) is 7.87. The predicted molar refractivity (Wildman–Crippen MR) is 92.8 cm³/mol. The molecular weight excluding hydrogens is 324 g/mol. The highest BCUT2D eigenvalue weighted by Crippen LogP contribution is 2.32. The molecule has 1 aliphatic heterocycles. The molecule has 6 heteroatoms. The van der Waals surface area contributed by atoms with Crippen molar-refractivity contribution in [2.75, 3.05) is 6.61 Å². The van der Waals surface area contributed by atoms with Crippen LogP contribution in [-0.2, 0) is 16.6 Å². The number of nitrogens with zero attached hydrogens (tertiary/aromatic N) is 1. The van der Waals surface area contributed by atoms with Crippen molar-refractivity contribution in [2.24, 2.45) is 0 Å². The lowest BCUT2D eigenvalue weighted by molar-refractivity contribution is 0.287. The summed E-state index contributed by atoms with van der Waals surface area (Å²) in [4.78, 5) is 0.278. The Bertz CT molecular complexity index is 994. The van der Waals surface area contributed by atoms with E-state index in [1.165, 1.54) is 3.97 Å². The van der Waals surface area contributed by atoms with Gasteiger partial charge in [-0.15, -0.1) is 0 Å². The van der Waals surface area contributed by atoms with Gasteiger partial charge in [0.15, 0.2) is 0 Å². The molecule has 2 heterocycles. The highest BCUT2D eigenvalue weighted by molar-refractivity contribution is 7.90. The van der Waals surface area contributed by atoms with E-state index in [-0.39, 0.29) is 10.9 Å². The number of fused-ring (bicyclic) bond motifs is 3. The summed E-state index contributed by atoms with van der Waals surface area (Å²) in [5.41, 5.74) is 1.66. The van der Waals surface area contributed by atoms with Gasteiger partial charge in [-0.2, -0.15) is 0 Å². The Morgan fingerprint density at radius 3 is 2.71 bits per heavy atom. The molecule has 4 rings (SSSR count). The molecule has 0 spiro atoms. The number of rotatable bonds is 2. The molecule has 24 heavy (non-hydrogen) atoms. The average molecular weight is 342 g/mol. The van der Waals surface area contributed by atoms with Crippen LogP contribution in [0.15, 0.2) is 59.6 Å². The minimum atomic E-state index is -3.61. The lowest BCUT2D eigenvalue weighted by Crippen LogP contribution is -2.28. The van der Waals surface area contributed by atoms with E-state index in [1.54, 1.807) is 36.5 Å². The summed E-state index contributed by atoms with van der Waals surface area (Å²) in [6.07, 6.45) is 1.61. The fraction of sp³-hybridized carbons (Fsp3) is 0.222. The van der Waals surface area contributed by atoms with Crippen LogP contribution in [0.4, 0.5) is 0 Å². The Kier molecular flexibility index (Phi) is 3.58. The maximum atomic E-state index is 12.9. The molecule has 0 saturated heterocycles. The maximum Gasteiger partial charge on any atom is 0.268 e. The number of hydrogen-bond donors (Lipinski definition) is 1. The molecule has 1 aliphatic rings. The monoisotopic (exact) mass is 342 g/mol. The van der Waals surface area contributed by atoms with Gasteiger partial charge in [0.25, 0.3) is 10.0 Å². The van der Waals surface area contributed by atoms with Gasteiger partial charge >= 0.3 is 0 Å². The molecule has 0 aliphatic carbocycles. The second kappa shape index (κ2) is 5.65. The van der Waals surface area contributed by atoms with Gasteiger partial charge in [-0.1, -0.05) is 18.2 Å². The van der Waals surface area contributed by atoms with Gasteiger partial charge in [0.1, 0.15) is 12.4 Å². The van der Waals surface area contributed by atoms with Gasteiger partial charge in [-0.05, 0) is 37.3 Å². The van der Waals surface area contributed by atoms with Crippen molar-refractivity contribution in [2.45, 2.75) is 24.4 Å². The Balaban J connectivity index is 1.88. The molecule has 3 aromatic rings. The first kappa shape index (κ1) is 15.2. The average Bonchev–Trinajstić information content (AvgIpc) is 2.95. The second-order valence-electron chi connectivity index (χ2n) is 6.00. The third-order valence-electron chi connectivity index (χ3n) is 4.32. The molecule has 0 fully saturated rings. The van der Waals surface area contributed by atoms with Gasteiger partial charge in [-0.25, -0.2) is 12.4 Å². The summed E-state index contributed by atoms with van der Waals surface area (Å²) in [5.74, 6) is 0.814. The zero-order chi connectivity index (χ0) is 16.7. The molecule has 1 aromatic heterocycles. The van der Waals surface area contributed by atoms with Gasteiger partial charge in [0, 0.05) is 29.7 Å². The van der Waals surface area contributed by atoms with Crippen LogP contribution in [0.2, 0.25) is 0 Å². The van der Waals surface area contributed by atoms with Crippen LogP contribution >= 0.6 is 0 Å². The van der Waals surface area contributed by atoms with Gasteiger partial charge < -0.3 is 10.1 Å². The second-order valence-corrected chi connectivity index (χ2v) is 7.81. The zero-order valence-corrected chi connectivity index (χ0v) is 14.1. The van der Waals surface area contributed by atoms with Crippen LogP contribution in [0.25, 0.3) is 10.9 Å². The summed E-state index contributed by atoms with van der Waals surface area (Å²) in [6, 6.07) is 14.2. The lowest BCUT2D eigenvalue weighted by atomic mass is 10.1. The number of hydrogen-bond acceptors (Lipinski definition) is 4. The van der Waals surface area contributed by atoms with E-state index < -0.39 is 10.0 Å². The first-order valence-corrected chi connectivity index (χ1v) is 9.31. The van der Waals surface area contributed by atoms with Crippen LogP contribution < -0.4 is 10.1 Å². The fourth-order valence-electron chi connectivity index (χ4n) is 3.02. The molecule has 5 nitrogen and oxygen atoms in total. The van der Waals surface area contributed by atoms with Gasteiger partial charge in [-0.3, -0.25) is 0 Å². The highest BCUT2D eigenvalue weighted by Gasteiger charge is 2.22. The van der Waals surface area contributed by atoms with E-state index >= 15 is 0 Å². The van der Waals surface area contributed by atoms with Crippen molar-refractivity contribution in [3.8, 4) is 5.75 Å². The van der Waals surface area contributed by atoms with E-state index in [2.05, 4.69) is 12.2 Å². The number of ether oxygens (including phenoxy) is 1. The molecule has 0 saturated carbocycles. The van der Waals surface area contributed by atoms with Crippen LogP contribution in [-0.4, -0.2) is 25.0 Å². The van der Waals surface area contributed by atoms with Crippen molar-refractivity contribution < 1.29 is 13.2 Å². The minimum Gasteiger partial charge on any atom is -0.492 e. The quantitative estimate of drug-likeness (QED) is 0.778. The molecule has 2 aromatic carbocycles. The smallest absolute Gasteiger partial charge is 0.268 e. The SMILES string of the molecule is C[C@@H]1COc2ccc3c(ccn3S(=O)(=O)c3ccccc3)c2CN1. The highest BCUT2D eigenvalue weighted by atomic mass is 32.2. The topological polar surface area (TPSA) is 60.3 Å². The largest absolute Gasteiger partial charge is 0.492 e. The molecule has 0 unspecified atom stereocenters. The molecule has 1 atom stereocenters. The van der Waals surface area contributed by atoms with Crippen molar-refractivity contribution >= 4 is 20.9 Å². The number of nitrogens with one attached hydrogen (secondary N) is 1. The van der Waals surface area contributed by atoms with E-state index in [4.69, 9.17) is 4.74 Å². The van der Waals surface area contributed by atoms with E-state index in [1.807, 2.05) is 18.2 Å². The number of benzene rings is 2. The standard InChI is InChI=1S/C18H18N2O3S/c1-13-12-23-18-8-7-17-15(16(18)11-19-13)9-10-20(17)24(21,22)14-5-3-2-4-6-14/h2-10,13,19H,11-12H2,1H3/t13-/m1/s1. The lowest BCUT2D eigenvalue weighted by Gasteiger charge is -2.10. The third kappa shape index (κ3) is 2.39. The molecule has 1 N–H and O–H groups in total. The van der Waals surface area contributed by atoms with Crippen LogP contribution in [0.5, 0.6) is 5.75 Å². The summed E-state index contributed by atoms with van der Waals surface area (Å²) in [7, 11) is -3.61. The van der Waals surface area contributed by atoms with Crippen molar-refractivity contribution in [3.05, 3.63) is 60.3 Å². The van der Waals surface area contributed by atoms with Crippen LogP contribution in [0, 0.1) is 0 Å². The Labute approximate surface area is 140 Å². The summed E-state index contributed by atoms with van der Waals surface area (Å²) >= 11 is 0. The molecule has 124 valence electrons. The Morgan fingerprint density at radius 2 is 1.92 bits per heavy atom. The summed E-state index contributed by atoms with van der Waals surface area (Å²) in [6.45, 7) is 3.32. The van der Waals surface area contributed by atoms with E-state index in [0.717, 1.165) is 16.7 Å². The van der Waals surface area contributed by atoms with Gasteiger partial charge in [0.2, 0.25) is 0 Å². The first-order chi connectivity index (χ1) is 11.6. The summed E-state index contributed by atoms with van der Waals surface area (Å²) in [5, 5.41) is 4.29. The van der Waals surface area contributed by atoms with Crippen LogP contribution in [0.1, 0.15) is 12.5 Å². The van der Waals surface area contributed by atoms with Gasteiger partial charge in [0.05, 0.1) is 10.4 Å². The van der Waals surface area contributed by atoms with E-state index in [0.29, 0.717) is 18.7 Å². The van der Waals surface area contributed by atoms with E-state index in [9.17, 15) is 8.42 Å². The number of aromatic nitrogens is 1. The maximum absolute atomic E-state index is 12.9. The van der Waals surface area contributed by atoms with Crippen LogP contribution in [0.3, 0.4) is 0 Å². The van der Waals surface area contributed by atoms with Crippen molar-refractivity contribution in [1.82, 2.24) is 9.29 Å². The third-order valence-corrected chi connectivity index (χ3v) is 6.03. The molecular formula is C18H18N2O3S. The van der Waals surface area contributed by atoms with Crippen molar-refractivity contribution in [3.63, 3.8) is 0 Å². The normalized spacial score (nSPS) is 18.0. The molecule has 0 bridgehead atoms.